The first-order chi connectivity index (χ1) is 8.08. The highest BCUT2D eigenvalue weighted by atomic mass is 79.9. The average Bonchev–Trinajstić information content (AvgIpc) is 2.70. The highest BCUT2D eigenvalue weighted by Crippen LogP contribution is 2.28. The van der Waals surface area contributed by atoms with Crippen molar-refractivity contribution in [3.05, 3.63) is 40.1 Å². The highest BCUT2D eigenvalue weighted by Gasteiger charge is 2.08. The topological polar surface area (TPSA) is 29.9 Å². The van der Waals surface area contributed by atoms with Crippen LogP contribution in [0.25, 0.3) is 0 Å². The second-order valence-electron chi connectivity index (χ2n) is 4.00. The van der Waals surface area contributed by atoms with Crippen LogP contribution in [0.2, 0.25) is 5.02 Å². The molecule has 0 aliphatic heterocycles. The molecule has 1 aromatic heterocycles. The zero-order valence-electron chi connectivity index (χ0n) is 9.61. The molecule has 0 spiro atoms. The molecule has 1 aromatic carbocycles. The van der Waals surface area contributed by atoms with Crippen LogP contribution in [0.1, 0.15) is 19.9 Å². The molecule has 0 amide bonds. The Labute approximate surface area is 114 Å². The van der Waals surface area contributed by atoms with E-state index in [-0.39, 0.29) is 0 Å². The van der Waals surface area contributed by atoms with Crippen molar-refractivity contribution in [3.63, 3.8) is 0 Å². The van der Waals surface area contributed by atoms with Crippen molar-refractivity contribution in [2.24, 2.45) is 0 Å². The van der Waals surface area contributed by atoms with Crippen LogP contribution in [0.3, 0.4) is 0 Å². The van der Waals surface area contributed by atoms with E-state index in [0.29, 0.717) is 11.1 Å². The summed E-state index contributed by atoms with van der Waals surface area (Å²) in [5, 5.41) is 3.89. The Hall–Kier alpha value is -1.000. The molecule has 2 aromatic rings. The van der Waals surface area contributed by atoms with Crippen LogP contribution in [-0.4, -0.2) is 9.55 Å². The van der Waals surface area contributed by atoms with Crippen molar-refractivity contribution in [2.75, 3.05) is 5.32 Å². The minimum atomic E-state index is 0.356. The van der Waals surface area contributed by atoms with Crippen molar-refractivity contribution in [3.8, 4) is 0 Å². The third-order valence-corrected chi connectivity index (χ3v) is 3.21. The zero-order chi connectivity index (χ0) is 12.4. The quantitative estimate of drug-likeness (QED) is 0.895. The van der Waals surface area contributed by atoms with E-state index >= 15 is 0 Å². The second kappa shape index (κ2) is 5.10. The average molecular weight is 315 g/mol. The van der Waals surface area contributed by atoms with Gasteiger partial charge in [-0.25, -0.2) is 4.98 Å². The summed E-state index contributed by atoms with van der Waals surface area (Å²) in [5.74, 6) is 0.796. The Bertz CT molecular complexity index is 522. The predicted octanol–water partition coefficient (Wildman–Crippen LogP) is 4.62. The van der Waals surface area contributed by atoms with Gasteiger partial charge in [0.25, 0.3) is 0 Å². The van der Waals surface area contributed by atoms with Gasteiger partial charge in [0.05, 0.1) is 10.7 Å². The molecule has 1 N–H and O–H groups in total. The van der Waals surface area contributed by atoms with Crippen LogP contribution in [0.15, 0.2) is 35.1 Å². The van der Waals surface area contributed by atoms with Crippen LogP contribution in [0.5, 0.6) is 0 Å². The Balaban J connectivity index is 2.28. The van der Waals surface area contributed by atoms with E-state index in [1.54, 1.807) is 6.20 Å². The first kappa shape index (κ1) is 12.5. The lowest BCUT2D eigenvalue weighted by Gasteiger charge is -2.13. The first-order valence-corrected chi connectivity index (χ1v) is 6.50. The van der Waals surface area contributed by atoms with Crippen LogP contribution >= 0.6 is 27.5 Å². The molecule has 0 fully saturated rings. The van der Waals surface area contributed by atoms with Crippen molar-refractivity contribution < 1.29 is 0 Å². The molecule has 0 saturated carbocycles. The number of nitrogens with zero attached hydrogens (tertiary/aromatic N) is 2. The fourth-order valence-electron chi connectivity index (χ4n) is 1.54. The number of nitrogens with one attached hydrogen (secondary N) is 1. The van der Waals surface area contributed by atoms with E-state index in [2.05, 4.69) is 44.6 Å². The first-order valence-electron chi connectivity index (χ1n) is 5.33. The van der Waals surface area contributed by atoms with Crippen LogP contribution in [-0.2, 0) is 0 Å². The lowest BCUT2D eigenvalue weighted by atomic mass is 10.3. The van der Waals surface area contributed by atoms with Gasteiger partial charge < -0.3 is 9.88 Å². The van der Waals surface area contributed by atoms with Gasteiger partial charge in [-0.05, 0) is 32.0 Å². The maximum absolute atomic E-state index is 6.15. The van der Waals surface area contributed by atoms with Crippen molar-refractivity contribution in [1.82, 2.24) is 9.55 Å². The van der Waals surface area contributed by atoms with E-state index in [9.17, 15) is 0 Å². The molecule has 0 unspecified atom stereocenters. The number of aromatic nitrogens is 2. The molecule has 90 valence electrons. The number of benzene rings is 1. The van der Waals surface area contributed by atoms with Gasteiger partial charge in [-0.3, -0.25) is 0 Å². The predicted molar refractivity (Wildman–Crippen MR) is 75.0 cm³/mol. The third kappa shape index (κ3) is 2.82. The van der Waals surface area contributed by atoms with Gasteiger partial charge in [0.2, 0.25) is 5.95 Å². The number of imidazole rings is 1. The van der Waals surface area contributed by atoms with E-state index < -0.39 is 0 Å². The Morgan fingerprint density at radius 2 is 2.18 bits per heavy atom. The van der Waals surface area contributed by atoms with Crippen molar-refractivity contribution in [2.45, 2.75) is 19.9 Å². The minimum absolute atomic E-state index is 0.356. The molecule has 0 atom stereocenters. The molecular formula is C12H13BrClN3. The summed E-state index contributed by atoms with van der Waals surface area (Å²) in [6, 6.07) is 6.07. The van der Waals surface area contributed by atoms with Gasteiger partial charge in [0.15, 0.2) is 0 Å². The van der Waals surface area contributed by atoms with Crippen LogP contribution in [0.4, 0.5) is 11.6 Å². The number of halogens is 2. The van der Waals surface area contributed by atoms with Crippen LogP contribution in [0, 0.1) is 0 Å². The molecule has 3 nitrogen and oxygen atoms in total. The normalized spacial score (nSPS) is 10.9. The van der Waals surface area contributed by atoms with Gasteiger partial charge in [-0.15, -0.1) is 0 Å². The SMILES string of the molecule is CC(C)n1ccnc1Nc1ccc(Br)cc1Cl. The van der Waals surface area contributed by atoms with Crippen molar-refractivity contribution >= 4 is 39.2 Å². The fraction of sp³-hybridized carbons (Fsp3) is 0.250. The van der Waals surface area contributed by atoms with Gasteiger partial charge in [0, 0.05) is 22.9 Å². The lowest BCUT2D eigenvalue weighted by Crippen LogP contribution is -2.05. The largest absolute Gasteiger partial charge is 0.324 e. The summed E-state index contributed by atoms with van der Waals surface area (Å²) in [6.07, 6.45) is 3.72. The maximum Gasteiger partial charge on any atom is 0.207 e. The summed E-state index contributed by atoms with van der Waals surface area (Å²) in [5.41, 5.74) is 0.850. The smallest absolute Gasteiger partial charge is 0.207 e. The Morgan fingerprint density at radius 3 is 2.82 bits per heavy atom. The number of hydrogen-bond donors (Lipinski definition) is 1. The van der Waals surface area contributed by atoms with E-state index in [1.165, 1.54) is 0 Å². The van der Waals surface area contributed by atoms with Gasteiger partial charge in [-0.2, -0.15) is 0 Å². The molecule has 5 heteroatoms. The highest BCUT2D eigenvalue weighted by molar-refractivity contribution is 9.10. The fourth-order valence-corrected chi connectivity index (χ4v) is 2.26. The molecule has 1 heterocycles. The minimum Gasteiger partial charge on any atom is -0.324 e. The van der Waals surface area contributed by atoms with Crippen molar-refractivity contribution in [1.29, 1.82) is 0 Å². The molecule has 17 heavy (non-hydrogen) atoms. The summed E-state index contributed by atoms with van der Waals surface area (Å²) < 4.78 is 3.01. The second-order valence-corrected chi connectivity index (χ2v) is 5.32. The number of anilines is 2. The van der Waals surface area contributed by atoms with E-state index in [1.807, 2.05) is 24.4 Å². The standard InChI is InChI=1S/C12H13BrClN3/c1-8(2)17-6-5-15-12(17)16-11-4-3-9(13)7-10(11)14/h3-8H,1-2H3,(H,15,16). The lowest BCUT2D eigenvalue weighted by molar-refractivity contribution is 0.608. The maximum atomic E-state index is 6.15. The van der Waals surface area contributed by atoms with Gasteiger partial charge >= 0.3 is 0 Å². The monoisotopic (exact) mass is 313 g/mol. The number of rotatable bonds is 3. The van der Waals surface area contributed by atoms with Gasteiger partial charge in [-0.1, -0.05) is 27.5 Å². The Morgan fingerprint density at radius 1 is 1.41 bits per heavy atom. The third-order valence-electron chi connectivity index (χ3n) is 2.40. The molecule has 0 aliphatic carbocycles. The molecule has 0 saturated heterocycles. The summed E-state index contributed by atoms with van der Waals surface area (Å²) in [6.45, 7) is 4.21. The van der Waals surface area contributed by atoms with E-state index in [4.69, 9.17) is 11.6 Å². The summed E-state index contributed by atoms with van der Waals surface area (Å²) >= 11 is 9.53. The zero-order valence-corrected chi connectivity index (χ0v) is 12.0. The summed E-state index contributed by atoms with van der Waals surface area (Å²) in [7, 11) is 0. The molecule has 0 radical (unpaired) electrons. The van der Waals surface area contributed by atoms with Crippen LogP contribution < -0.4 is 5.32 Å². The summed E-state index contributed by atoms with van der Waals surface area (Å²) in [4.78, 5) is 4.28. The molecule has 0 bridgehead atoms. The molecule has 2 rings (SSSR count). The molecular weight excluding hydrogens is 302 g/mol. The number of hydrogen-bond acceptors (Lipinski definition) is 2. The molecule has 0 aliphatic rings. The van der Waals surface area contributed by atoms with Gasteiger partial charge in [0.1, 0.15) is 0 Å². The van der Waals surface area contributed by atoms with E-state index in [0.717, 1.165) is 16.1 Å². The Kier molecular flexibility index (Phi) is 3.74.